The number of aryl methyl sites for hydroxylation is 2. The van der Waals surface area contributed by atoms with Crippen LogP contribution < -0.4 is 10.6 Å². The molecular formula is C18H27N5S. The number of nitrogens with zero attached hydrogens (tertiary/aromatic N) is 3. The predicted molar refractivity (Wildman–Crippen MR) is 103 cm³/mol. The second-order valence-electron chi connectivity index (χ2n) is 5.61. The fourth-order valence-electron chi connectivity index (χ4n) is 2.17. The highest BCUT2D eigenvalue weighted by molar-refractivity contribution is 7.98. The predicted octanol–water partition coefficient (Wildman–Crippen LogP) is 2.72. The molecule has 0 aliphatic carbocycles. The van der Waals surface area contributed by atoms with Gasteiger partial charge in [0.15, 0.2) is 5.96 Å². The lowest BCUT2D eigenvalue weighted by atomic mass is 10.2. The number of rotatable bonds is 8. The van der Waals surface area contributed by atoms with Crippen LogP contribution in [0.5, 0.6) is 0 Å². The van der Waals surface area contributed by atoms with E-state index in [1.807, 2.05) is 29.6 Å². The van der Waals surface area contributed by atoms with Crippen LogP contribution in [0.15, 0.2) is 41.5 Å². The van der Waals surface area contributed by atoms with Gasteiger partial charge in [-0.2, -0.15) is 16.9 Å². The minimum atomic E-state index is 0.627. The number of guanidine groups is 1. The molecule has 2 rings (SSSR count). The van der Waals surface area contributed by atoms with Gasteiger partial charge in [-0.25, -0.2) is 4.99 Å². The second kappa shape index (κ2) is 10.0. The number of benzene rings is 1. The number of nitrogens with one attached hydrogen (secondary N) is 2. The molecule has 0 fully saturated rings. The van der Waals surface area contributed by atoms with Crippen LogP contribution in [0.2, 0.25) is 0 Å². The van der Waals surface area contributed by atoms with E-state index in [1.165, 1.54) is 11.1 Å². The average Bonchev–Trinajstić information content (AvgIpc) is 2.99. The Balaban J connectivity index is 1.71. The van der Waals surface area contributed by atoms with Crippen molar-refractivity contribution in [3.63, 3.8) is 0 Å². The van der Waals surface area contributed by atoms with E-state index in [-0.39, 0.29) is 0 Å². The SMILES string of the molecule is CCNC(=NCc1ccnn1C)NCCSCc1ccc(C)cc1. The Labute approximate surface area is 148 Å². The molecule has 0 radical (unpaired) electrons. The van der Waals surface area contributed by atoms with Crippen molar-refractivity contribution in [2.24, 2.45) is 12.0 Å². The number of aromatic nitrogens is 2. The van der Waals surface area contributed by atoms with Crippen LogP contribution in [0.4, 0.5) is 0 Å². The third-order valence-electron chi connectivity index (χ3n) is 3.59. The first kappa shape index (κ1) is 18.4. The van der Waals surface area contributed by atoms with Crippen molar-refractivity contribution in [3.05, 3.63) is 53.3 Å². The topological polar surface area (TPSA) is 54.2 Å². The molecule has 1 aromatic heterocycles. The molecule has 1 heterocycles. The summed E-state index contributed by atoms with van der Waals surface area (Å²) < 4.78 is 1.85. The Morgan fingerprint density at radius 1 is 1.21 bits per heavy atom. The minimum absolute atomic E-state index is 0.627. The molecule has 130 valence electrons. The Hall–Kier alpha value is -1.95. The molecule has 0 atom stereocenters. The normalized spacial score (nSPS) is 11.5. The van der Waals surface area contributed by atoms with E-state index in [4.69, 9.17) is 0 Å². The Bertz CT molecular complexity index is 633. The van der Waals surface area contributed by atoms with Gasteiger partial charge in [0, 0.05) is 37.8 Å². The first-order valence-electron chi connectivity index (χ1n) is 8.31. The van der Waals surface area contributed by atoms with Crippen molar-refractivity contribution in [1.82, 2.24) is 20.4 Å². The van der Waals surface area contributed by atoms with Crippen LogP contribution in [-0.2, 0) is 19.3 Å². The number of hydrogen-bond acceptors (Lipinski definition) is 3. The van der Waals surface area contributed by atoms with Gasteiger partial charge >= 0.3 is 0 Å². The lowest BCUT2D eigenvalue weighted by Gasteiger charge is -2.11. The summed E-state index contributed by atoms with van der Waals surface area (Å²) in [5, 5.41) is 10.8. The van der Waals surface area contributed by atoms with Crippen molar-refractivity contribution in [2.45, 2.75) is 26.1 Å². The summed E-state index contributed by atoms with van der Waals surface area (Å²) >= 11 is 1.93. The molecule has 2 aromatic rings. The van der Waals surface area contributed by atoms with E-state index in [2.05, 4.69) is 58.8 Å². The van der Waals surface area contributed by atoms with Crippen molar-refractivity contribution in [3.8, 4) is 0 Å². The first-order valence-corrected chi connectivity index (χ1v) is 9.47. The molecule has 2 N–H and O–H groups in total. The Morgan fingerprint density at radius 3 is 2.67 bits per heavy atom. The molecule has 24 heavy (non-hydrogen) atoms. The van der Waals surface area contributed by atoms with Crippen LogP contribution in [-0.4, -0.2) is 34.6 Å². The minimum Gasteiger partial charge on any atom is -0.357 e. The third kappa shape index (κ3) is 6.28. The zero-order chi connectivity index (χ0) is 17.2. The smallest absolute Gasteiger partial charge is 0.191 e. The molecule has 5 nitrogen and oxygen atoms in total. The fraction of sp³-hybridized carbons (Fsp3) is 0.444. The van der Waals surface area contributed by atoms with Gasteiger partial charge in [0.2, 0.25) is 0 Å². The van der Waals surface area contributed by atoms with Gasteiger partial charge in [-0.05, 0) is 25.5 Å². The molecule has 0 amide bonds. The molecule has 0 unspecified atom stereocenters. The third-order valence-corrected chi connectivity index (χ3v) is 4.62. The second-order valence-corrected chi connectivity index (χ2v) is 6.71. The molecule has 0 saturated carbocycles. The number of hydrogen-bond donors (Lipinski definition) is 2. The van der Waals surface area contributed by atoms with E-state index in [0.29, 0.717) is 6.54 Å². The van der Waals surface area contributed by atoms with Crippen LogP contribution in [0, 0.1) is 6.92 Å². The summed E-state index contributed by atoms with van der Waals surface area (Å²) in [5.41, 5.74) is 3.79. The van der Waals surface area contributed by atoms with Crippen molar-refractivity contribution in [2.75, 3.05) is 18.8 Å². The van der Waals surface area contributed by atoms with Gasteiger partial charge in [0.25, 0.3) is 0 Å². The summed E-state index contributed by atoms with van der Waals surface area (Å²) in [6.45, 7) is 6.57. The maximum absolute atomic E-state index is 4.61. The zero-order valence-electron chi connectivity index (χ0n) is 14.7. The lowest BCUT2D eigenvalue weighted by Crippen LogP contribution is -2.38. The maximum atomic E-state index is 4.61. The van der Waals surface area contributed by atoms with Crippen LogP contribution in [0.25, 0.3) is 0 Å². The van der Waals surface area contributed by atoms with E-state index >= 15 is 0 Å². The lowest BCUT2D eigenvalue weighted by molar-refractivity contribution is 0.708. The number of aliphatic imine (C=N–C) groups is 1. The van der Waals surface area contributed by atoms with Crippen molar-refractivity contribution in [1.29, 1.82) is 0 Å². The summed E-state index contributed by atoms with van der Waals surface area (Å²) in [6, 6.07) is 10.7. The summed E-state index contributed by atoms with van der Waals surface area (Å²) in [7, 11) is 1.94. The van der Waals surface area contributed by atoms with Crippen LogP contribution in [0.1, 0.15) is 23.7 Å². The summed E-state index contributed by atoms with van der Waals surface area (Å²) in [4.78, 5) is 4.61. The van der Waals surface area contributed by atoms with Gasteiger partial charge < -0.3 is 10.6 Å². The van der Waals surface area contributed by atoms with E-state index in [1.54, 1.807) is 6.20 Å². The maximum Gasteiger partial charge on any atom is 0.191 e. The van der Waals surface area contributed by atoms with Gasteiger partial charge in [-0.3, -0.25) is 4.68 Å². The van der Waals surface area contributed by atoms with Crippen molar-refractivity contribution < 1.29 is 0 Å². The molecule has 0 saturated heterocycles. The largest absolute Gasteiger partial charge is 0.357 e. The van der Waals surface area contributed by atoms with Gasteiger partial charge in [-0.1, -0.05) is 29.8 Å². The van der Waals surface area contributed by atoms with E-state index in [9.17, 15) is 0 Å². The quantitative estimate of drug-likeness (QED) is 0.439. The molecule has 0 spiro atoms. The van der Waals surface area contributed by atoms with Gasteiger partial charge in [0.05, 0.1) is 12.2 Å². The first-order chi connectivity index (χ1) is 11.7. The van der Waals surface area contributed by atoms with Crippen molar-refractivity contribution >= 4 is 17.7 Å². The molecule has 0 bridgehead atoms. The average molecular weight is 346 g/mol. The monoisotopic (exact) mass is 345 g/mol. The van der Waals surface area contributed by atoms with E-state index in [0.717, 1.165) is 36.2 Å². The fourth-order valence-corrected chi connectivity index (χ4v) is 2.99. The number of thioether (sulfide) groups is 1. The van der Waals surface area contributed by atoms with Gasteiger partial charge in [-0.15, -0.1) is 0 Å². The van der Waals surface area contributed by atoms with Crippen LogP contribution >= 0.6 is 11.8 Å². The Kier molecular flexibility index (Phi) is 7.68. The summed E-state index contributed by atoms with van der Waals surface area (Å²) in [5.74, 6) is 2.95. The molecule has 1 aromatic carbocycles. The molecule has 0 aliphatic rings. The van der Waals surface area contributed by atoms with Crippen LogP contribution in [0.3, 0.4) is 0 Å². The molecule has 6 heteroatoms. The molecular weight excluding hydrogens is 318 g/mol. The highest BCUT2D eigenvalue weighted by Crippen LogP contribution is 2.12. The van der Waals surface area contributed by atoms with E-state index < -0.39 is 0 Å². The highest BCUT2D eigenvalue weighted by Gasteiger charge is 2.00. The Morgan fingerprint density at radius 2 is 2.00 bits per heavy atom. The highest BCUT2D eigenvalue weighted by atomic mass is 32.2. The molecule has 0 aliphatic heterocycles. The zero-order valence-corrected chi connectivity index (χ0v) is 15.6. The summed E-state index contributed by atoms with van der Waals surface area (Å²) in [6.07, 6.45) is 1.80. The van der Waals surface area contributed by atoms with Gasteiger partial charge in [0.1, 0.15) is 0 Å². The standard InChI is InChI=1S/C18H27N5S/c1-4-19-18(21-13-17-9-10-22-23(17)3)20-11-12-24-14-16-7-5-15(2)6-8-16/h5-10H,4,11-14H2,1-3H3,(H2,19,20,21).